The van der Waals surface area contributed by atoms with E-state index in [2.05, 4.69) is 5.32 Å². The summed E-state index contributed by atoms with van der Waals surface area (Å²) in [6, 6.07) is 7.73. The first-order valence-corrected chi connectivity index (χ1v) is 9.45. The van der Waals surface area contributed by atoms with Gasteiger partial charge in [-0.05, 0) is 36.4 Å². The van der Waals surface area contributed by atoms with Crippen LogP contribution >= 0.6 is 11.6 Å². The molecule has 0 heterocycles. The van der Waals surface area contributed by atoms with Gasteiger partial charge in [0.25, 0.3) is 0 Å². The van der Waals surface area contributed by atoms with Crippen molar-refractivity contribution in [3.8, 4) is 0 Å². The lowest BCUT2D eigenvalue weighted by molar-refractivity contribution is -0.139. The standard InChI is InChI=1S/C17H16ClF3N2O3S/c1-23(2)15(24)10-22-14-5-3-4-13(17(19,20)21)16(14)27(25,26)12-8-6-11(18)7-9-12/h3-9,22H,10H2,1-2H3. The fourth-order valence-corrected chi connectivity index (χ4v) is 4.01. The van der Waals surface area contributed by atoms with Crippen LogP contribution in [0, 0.1) is 0 Å². The molecule has 0 radical (unpaired) electrons. The van der Waals surface area contributed by atoms with Crippen molar-refractivity contribution in [1.82, 2.24) is 4.90 Å². The number of carbonyl (C=O) groups is 1. The fourth-order valence-electron chi connectivity index (χ4n) is 2.25. The van der Waals surface area contributed by atoms with E-state index >= 15 is 0 Å². The summed E-state index contributed by atoms with van der Waals surface area (Å²) in [6.07, 6.45) is -4.90. The lowest BCUT2D eigenvalue weighted by Gasteiger charge is -2.19. The second-order valence-electron chi connectivity index (χ2n) is 5.78. The highest BCUT2D eigenvalue weighted by atomic mass is 35.5. The van der Waals surface area contributed by atoms with E-state index in [4.69, 9.17) is 11.6 Å². The highest BCUT2D eigenvalue weighted by Gasteiger charge is 2.39. The predicted octanol–water partition coefficient (Wildman–Crippen LogP) is 3.69. The highest BCUT2D eigenvalue weighted by molar-refractivity contribution is 7.91. The highest BCUT2D eigenvalue weighted by Crippen LogP contribution is 2.40. The van der Waals surface area contributed by atoms with Gasteiger partial charge in [0.2, 0.25) is 15.7 Å². The normalized spacial score (nSPS) is 11.9. The van der Waals surface area contributed by atoms with Crippen molar-refractivity contribution in [2.45, 2.75) is 16.0 Å². The molecular formula is C17H16ClF3N2O3S. The molecule has 2 aromatic rings. The number of nitrogens with one attached hydrogen (secondary N) is 1. The van der Waals surface area contributed by atoms with Crippen molar-refractivity contribution in [2.24, 2.45) is 0 Å². The third-order valence-corrected chi connectivity index (χ3v) is 5.76. The Morgan fingerprint density at radius 2 is 1.70 bits per heavy atom. The number of carbonyl (C=O) groups excluding carboxylic acids is 1. The number of alkyl halides is 3. The zero-order chi connectivity index (χ0) is 20.4. The maximum Gasteiger partial charge on any atom is 0.417 e. The van der Waals surface area contributed by atoms with Gasteiger partial charge in [-0.2, -0.15) is 13.2 Å². The van der Waals surface area contributed by atoms with Crippen LogP contribution in [-0.4, -0.2) is 39.9 Å². The van der Waals surface area contributed by atoms with E-state index < -0.39 is 32.4 Å². The zero-order valence-electron chi connectivity index (χ0n) is 14.3. The number of amides is 1. The maximum atomic E-state index is 13.5. The van der Waals surface area contributed by atoms with Gasteiger partial charge >= 0.3 is 6.18 Å². The van der Waals surface area contributed by atoms with Crippen LogP contribution < -0.4 is 5.32 Å². The van der Waals surface area contributed by atoms with Gasteiger partial charge in [-0.15, -0.1) is 0 Å². The molecule has 27 heavy (non-hydrogen) atoms. The van der Waals surface area contributed by atoms with Crippen molar-refractivity contribution >= 4 is 33.0 Å². The Hall–Kier alpha value is -2.26. The van der Waals surface area contributed by atoms with Gasteiger partial charge in [-0.25, -0.2) is 8.42 Å². The van der Waals surface area contributed by atoms with E-state index in [9.17, 15) is 26.4 Å². The summed E-state index contributed by atoms with van der Waals surface area (Å²) < 4.78 is 66.3. The summed E-state index contributed by atoms with van der Waals surface area (Å²) in [5.41, 5.74) is -1.63. The number of anilines is 1. The van der Waals surface area contributed by atoms with Gasteiger partial charge in [-0.1, -0.05) is 17.7 Å². The Morgan fingerprint density at radius 1 is 1.11 bits per heavy atom. The number of rotatable bonds is 5. The van der Waals surface area contributed by atoms with Gasteiger partial charge in [0.1, 0.15) is 4.90 Å². The Balaban J connectivity index is 2.63. The van der Waals surface area contributed by atoms with Gasteiger partial charge < -0.3 is 10.2 Å². The minimum Gasteiger partial charge on any atom is -0.375 e. The van der Waals surface area contributed by atoms with Crippen LogP contribution in [0.1, 0.15) is 5.56 Å². The second kappa shape index (κ2) is 7.77. The predicted molar refractivity (Wildman–Crippen MR) is 95.5 cm³/mol. The molecule has 0 aliphatic heterocycles. The zero-order valence-corrected chi connectivity index (χ0v) is 15.9. The monoisotopic (exact) mass is 420 g/mol. The van der Waals surface area contributed by atoms with Crippen molar-refractivity contribution < 1.29 is 26.4 Å². The van der Waals surface area contributed by atoms with E-state index in [-0.39, 0.29) is 22.2 Å². The summed E-state index contributed by atoms with van der Waals surface area (Å²) >= 11 is 5.73. The van der Waals surface area contributed by atoms with Gasteiger partial charge in [0, 0.05) is 19.1 Å². The average Bonchev–Trinajstić information content (AvgIpc) is 2.58. The van der Waals surface area contributed by atoms with Crippen LogP contribution in [0.5, 0.6) is 0 Å². The molecule has 0 saturated heterocycles. The topological polar surface area (TPSA) is 66.5 Å². The molecule has 0 atom stereocenters. The van der Waals surface area contributed by atoms with Crippen molar-refractivity contribution in [3.05, 3.63) is 53.1 Å². The molecule has 0 aliphatic rings. The molecule has 2 aromatic carbocycles. The number of hydrogen-bond acceptors (Lipinski definition) is 4. The Morgan fingerprint density at radius 3 is 2.22 bits per heavy atom. The first kappa shape index (κ1) is 21.0. The molecule has 0 saturated carbocycles. The van der Waals surface area contributed by atoms with E-state index in [1.165, 1.54) is 37.2 Å². The van der Waals surface area contributed by atoms with Crippen molar-refractivity contribution in [1.29, 1.82) is 0 Å². The van der Waals surface area contributed by atoms with Crippen molar-refractivity contribution in [2.75, 3.05) is 26.0 Å². The maximum absolute atomic E-state index is 13.5. The molecule has 0 unspecified atom stereocenters. The summed E-state index contributed by atoms with van der Waals surface area (Å²) in [5, 5.41) is 2.74. The van der Waals surface area contributed by atoms with Crippen molar-refractivity contribution in [3.63, 3.8) is 0 Å². The van der Waals surface area contributed by atoms with E-state index in [1.54, 1.807) is 0 Å². The molecule has 0 bridgehead atoms. The van der Waals surface area contributed by atoms with Gasteiger partial charge in [0.05, 0.1) is 22.7 Å². The molecule has 10 heteroatoms. The fraction of sp³-hybridized carbons (Fsp3) is 0.235. The molecule has 146 valence electrons. The number of hydrogen-bond donors (Lipinski definition) is 1. The van der Waals surface area contributed by atoms with E-state index in [0.29, 0.717) is 6.07 Å². The summed E-state index contributed by atoms with van der Waals surface area (Å²) in [4.78, 5) is 11.7. The number of sulfone groups is 1. The molecule has 0 fully saturated rings. The lowest BCUT2D eigenvalue weighted by atomic mass is 10.2. The van der Waals surface area contributed by atoms with Gasteiger partial charge in [0.15, 0.2) is 0 Å². The Kier molecular flexibility index (Phi) is 6.06. The largest absolute Gasteiger partial charge is 0.417 e. The molecule has 5 nitrogen and oxygen atoms in total. The number of halogens is 4. The number of benzene rings is 2. The SMILES string of the molecule is CN(C)C(=O)CNc1cccc(C(F)(F)F)c1S(=O)(=O)c1ccc(Cl)cc1. The van der Waals surface area contributed by atoms with Crippen LogP contribution in [0.3, 0.4) is 0 Å². The minimum atomic E-state index is -4.90. The van der Waals surface area contributed by atoms with Crippen LogP contribution in [-0.2, 0) is 20.8 Å². The van der Waals surface area contributed by atoms with E-state index in [0.717, 1.165) is 18.2 Å². The van der Waals surface area contributed by atoms with E-state index in [1.807, 2.05) is 0 Å². The third kappa shape index (κ3) is 4.72. The molecule has 1 N–H and O–H groups in total. The first-order valence-electron chi connectivity index (χ1n) is 7.59. The summed E-state index contributed by atoms with van der Waals surface area (Å²) in [6.45, 7) is -0.364. The molecule has 0 spiro atoms. The second-order valence-corrected chi connectivity index (χ2v) is 8.10. The molecular weight excluding hydrogens is 405 g/mol. The first-order chi connectivity index (χ1) is 12.4. The smallest absolute Gasteiger partial charge is 0.375 e. The van der Waals surface area contributed by atoms with Gasteiger partial charge in [-0.3, -0.25) is 4.79 Å². The van der Waals surface area contributed by atoms with Crippen LogP contribution in [0.4, 0.5) is 18.9 Å². The quantitative estimate of drug-likeness (QED) is 0.801. The Labute approximate surface area is 159 Å². The number of likely N-dealkylation sites (N-methyl/N-ethyl adjacent to an activating group) is 1. The summed E-state index contributed by atoms with van der Waals surface area (Å²) in [7, 11) is -1.59. The molecule has 1 amide bonds. The lowest BCUT2D eigenvalue weighted by Crippen LogP contribution is -2.29. The average molecular weight is 421 g/mol. The third-order valence-electron chi connectivity index (χ3n) is 3.64. The Bertz CT molecular complexity index is 943. The minimum absolute atomic E-state index is 0.244. The van der Waals surface area contributed by atoms with Crippen LogP contribution in [0.15, 0.2) is 52.3 Å². The number of nitrogens with zero attached hydrogens (tertiary/aromatic N) is 1. The molecule has 0 aromatic heterocycles. The molecule has 0 aliphatic carbocycles. The summed E-state index contributed by atoms with van der Waals surface area (Å²) in [5.74, 6) is -0.428. The van der Waals surface area contributed by atoms with Crippen LogP contribution in [0.25, 0.3) is 0 Å². The van der Waals surface area contributed by atoms with Crippen LogP contribution in [0.2, 0.25) is 5.02 Å². The molecule has 2 rings (SSSR count).